The second kappa shape index (κ2) is 5.71. The van der Waals surface area contributed by atoms with Gasteiger partial charge in [-0.15, -0.1) is 0 Å². The highest BCUT2D eigenvalue weighted by atomic mass is 16.5. The van der Waals surface area contributed by atoms with Crippen LogP contribution in [-0.4, -0.2) is 13.1 Å². The number of carbonyl (C=O) groups excluding carboxylic acids is 1. The summed E-state index contributed by atoms with van der Waals surface area (Å²) >= 11 is 0. The number of nitrogens with one attached hydrogen (secondary N) is 1. The molecule has 0 fully saturated rings. The number of benzene rings is 2. The van der Waals surface area contributed by atoms with Crippen LogP contribution in [0.15, 0.2) is 54.6 Å². The van der Waals surface area contributed by atoms with E-state index in [0.717, 1.165) is 23.4 Å². The number of aromatic carboxylic acids is 1. The molecule has 0 bridgehead atoms. The van der Waals surface area contributed by atoms with Gasteiger partial charge in [-0.25, -0.2) is 0 Å². The van der Waals surface area contributed by atoms with Crippen LogP contribution in [0.5, 0.6) is 5.75 Å². The Kier molecular flexibility index (Phi) is 3.53. The first-order valence-electron chi connectivity index (χ1n) is 8.10. The minimum atomic E-state index is -1.13. The summed E-state index contributed by atoms with van der Waals surface area (Å²) in [5, 5.41) is 14.8. The van der Waals surface area contributed by atoms with Crippen molar-refractivity contribution in [3.63, 3.8) is 0 Å². The van der Waals surface area contributed by atoms with Crippen molar-refractivity contribution in [1.29, 1.82) is 0 Å². The molecule has 0 aromatic heterocycles. The molecule has 1 N–H and O–H groups in total. The lowest BCUT2D eigenvalue weighted by Gasteiger charge is -2.37. The monoisotopic (exact) mass is 320 g/mol. The van der Waals surface area contributed by atoms with Gasteiger partial charge in [0.25, 0.3) is 0 Å². The summed E-state index contributed by atoms with van der Waals surface area (Å²) in [7, 11) is 1.66. The van der Waals surface area contributed by atoms with E-state index in [1.54, 1.807) is 19.2 Å². The van der Waals surface area contributed by atoms with Gasteiger partial charge in [0.1, 0.15) is 5.75 Å². The third-order valence-electron chi connectivity index (χ3n) is 5.07. The van der Waals surface area contributed by atoms with Crippen LogP contribution in [0.1, 0.15) is 39.9 Å². The van der Waals surface area contributed by atoms with E-state index in [-0.39, 0.29) is 17.5 Å². The maximum absolute atomic E-state index is 11.2. The molecule has 3 atom stereocenters. The van der Waals surface area contributed by atoms with Crippen molar-refractivity contribution in [3.8, 4) is 5.75 Å². The Bertz CT molecular complexity index is 810. The van der Waals surface area contributed by atoms with Crippen molar-refractivity contribution in [2.45, 2.75) is 18.4 Å². The molecule has 2 aromatic rings. The number of rotatable bonds is 3. The standard InChI is InChI=1S/C20H19NO3/c1-24-14-8-5-12(6-9-14)19-16-4-2-3-15(16)17-11-13(20(22)23)7-10-18(17)21-19/h2-3,5-11,15-16,19,21H,4H2,1H3,(H,22,23)/p-1/t15-,16-,19-/m1/s1. The van der Waals surface area contributed by atoms with E-state index in [2.05, 4.69) is 29.6 Å². The van der Waals surface area contributed by atoms with Crippen molar-refractivity contribution < 1.29 is 14.6 Å². The van der Waals surface area contributed by atoms with Gasteiger partial charge in [-0.05, 0) is 53.3 Å². The number of carbonyl (C=O) groups is 1. The Labute approximate surface area is 140 Å². The third-order valence-corrected chi connectivity index (χ3v) is 5.07. The molecule has 0 saturated carbocycles. The minimum Gasteiger partial charge on any atom is -0.545 e. The Balaban J connectivity index is 1.73. The number of carboxylic acids is 1. The first kappa shape index (κ1) is 14.8. The van der Waals surface area contributed by atoms with Gasteiger partial charge in [0.15, 0.2) is 0 Å². The highest BCUT2D eigenvalue weighted by Crippen LogP contribution is 2.49. The summed E-state index contributed by atoms with van der Waals surface area (Å²) in [5.41, 5.74) is 3.48. The van der Waals surface area contributed by atoms with Gasteiger partial charge in [0.05, 0.1) is 19.1 Å². The lowest BCUT2D eigenvalue weighted by molar-refractivity contribution is -0.255. The molecule has 2 aliphatic rings. The molecule has 4 heteroatoms. The van der Waals surface area contributed by atoms with E-state index in [1.165, 1.54) is 5.56 Å². The first-order valence-corrected chi connectivity index (χ1v) is 8.10. The molecule has 1 aliphatic carbocycles. The molecule has 1 heterocycles. The fourth-order valence-corrected chi connectivity index (χ4v) is 3.86. The zero-order chi connectivity index (χ0) is 16.7. The highest BCUT2D eigenvalue weighted by Gasteiger charge is 2.37. The highest BCUT2D eigenvalue weighted by molar-refractivity contribution is 5.87. The second-order valence-electron chi connectivity index (χ2n) is 6.34. The molecule has 0 unspecified atom stereocenters. The van der Waals surface area contributed by atoms with Crippen LogP contribution < -0.4 is 15.2 Å². The number of ether oxygens (including phenoxy) is 1. The van der Waals surface area contributed by atoms with Crippen LogP contribution in [0.2, 0.25) is 0 Å². The number of hydrogen-bond donors (Lipinski definition) is 1. The summed E-state index contributed by atoms with van der Waals surface area (Å²) in [6.07, 6.45) is 5.36. The van der Waals surface area contributed by atoms with Crippen LogP contribution in [-0.2, 0) is 0 Å². The van der Waals surface area contributed by atoms with Crippen molar-refractivity contribution in [1.82, 2.24) is 0 Å². The fraction of sp³-hybridized carbons (Fsp3) is 0.250. The zero-order valence-electron chi connectivity index (χ0n) is 13.4. The van der Waals surface area contributed by atoms with Crippen LogP contribution in [0, 0.1) is 5.92 Å². The Morgan fingerprint density at radius 3 is 2.71 bits per heavy atom. The van der Waals surface area contributed by atoms with Crippen LogP contribution >= 0.6 is 0 Å². The predicted molar refractivity (Wildman–Crippen MR) is 90.1 cm³/mol. The predicted octanol–water partition coefficient (Wildman–Crippen LogP) is 2.89. The van der Waals surface area contributed by atoms with E-state index in [9.17, 15) is 9.90 Å². The molecule has 2 aromatic carbocycles. The molecular weight excluding hydrogens is 302 g/mol. The number of fused-ring (bicyclic) bond motifs is 3. The number of carboxylic acid groups (broad SMARTS) is 1. The molecule has 0 amide bonds. The van der Waals surface area contributed by atoms with E-state index in [4.69, 9.17) is 4.74 Å². The van der Waals surface area contributed by atoms with E-state index in [1.807, 2.05) is 18.2 Å². The first-order chi connectivity index (χ1) is 11.7. The summed E-state index contributed by atoms with van der Waals surface area (Å²) in [6.45, 7) is 0. The van der Waals surface area contributed by atoms with Crippen molar-refractivity contribution in [3.05, 3.63) is 71.3 Å². The Morgan fingerprint density at radius 1 is 1.21 bits per heavy atom. The van der Waals surface area contributed by atoms with Crippen LogP contribution in [0.3, 0.4) is 0 Å². The normalized spacial score (nSPS) is 24.0. The van der Waals surface area contributed by atoms with Gasteiger partial charge >= 0.3 is 0 Å². The zero-order valence-corrected chi connectivity index (χ0v) is 13.4. The maximum Gasteiger partial charge on any atom is 0.118 e. The second-order valence-corrected chi connectivity index (χ2v) is 6.34. The molecule has 1 aliphatic heterocycles. The minimum absolute atomic E-state index is 0.192. The molecule has 24 heavy (non-hydrogen) atoms. The van der Waals surface area contributed by atoms with Gasteiger partial charge in [-0.1, -0.05) is 30.4 Å². The maximum atomic E-state index is 11.2. The summed E-state index contributed by atoms with van der Waals surface area (Å²) in [6, 6.07) is 13.5. The van der Waals surface area contributed by atoms with Crippen molar-refractivity contribution in [2.24, 2.45) is 5.92 Å². The lowest BCUT2D eigenvalue weighted by atomic mass is 9.76. The summed E-state index contributed by atoms with van der Waals surface area (Å²) in [4.78, 5) is 11.2. The third kappa shape index (κ3) is 2.35. The number of allylic oxidation sites excluding steroid dienone is 2. The topological polar surface area (TPSA) is 61.4 Å². The van der Waals surface area contributed by atoms with Gasteiger partial charge in [0.2, 0.25) is 0 Å². The fourth-order valence-electron chi connectivity index (χ4n) is 3.86. The molecule has 0 radical (unpaired) electrons. The Hall–Kier alpha value is -2.75. The van der Waals surface area contributed by atoms with E-state index in [0.29, 0.717) is 5.92 Å². The van der Waals surface area contributed by atoms with Crippen LogP contribution in [0.25, 0.3) is 0 Å². The smallest absolute Gasteiger partial charge is 0.118 e. The molecule has 0 saturated heterocycles. The van der Waals surface area contributed by atoms with Crippen molar-refractivity contribution in [2.75, 3.05) is 12.4 Å². The number of hydrogen-bond acceptors (Lipinski definition) is 4. The average Bonchev–Trinajstić information content (AvgIpc) is 3.10. The van der Waals surface area contributed by atoms with E-state index >= 15 is 0 Å². The van der Waals surface area contributed by atoms with Gasteiger partial charge in [-0.3, -0.25) is 0 Å². The number of methoxy groups -OCH3 is 1. The van der Waals surface area contributed by atoms with E-state index < -0.39 is 5.97 Å². The van der Waals surface area contributed by atoms with Gasteiger partial charge < -0.3 is 20.0 Å². The molecule has 4 nitrogen and oxygen atoms in total. The molecule has 0 spiro atoms. The lowest BCUT2D eigenvalue weighted by Crippen LogP contribution is -2.30. The largest absolute Gasteiger partial charge is 0.545 e. The van der Waals surface area contributed by atoms with Gasteiger partial charge in [-0.2, -0.15) is 0 Å². The summed E-state index contributed by atoms with van der Waals surface area (Å²) in [5.74, 6) is 0.318. The molecule has 4 rings (SSSR count). The van der Waals surface area contributed by atoms with Crippen LogP contribution in [0.4, 0.5) is 5.69 Å². The van der Waals surface area contributed by atoms with Crippen molar-refractivity contribution >= 4 is 11.7 Å². The van der Waals surface area contributed by atoms with Gasteiger partial charge in [0, 0.05) is 11.6 Å². The average molecular weight is 320 g/mol. The molecular formula is C20H18NO3-. The number of anilines is 1. The summed E-state index contributed by atoms with van der Waals surface area (Å²) < 4.78 is 5.24. The Morgan fingerprint density at radius 2 is 2.00 bits per heavy atom. The quantitative estimate of drug-likeness (QED) is 0.883. The molecule has 122 valence electrons. The SMILES string of the molecule is COc1ccc([C@H]2Nc3ccc(C(=O)[O-])cc3[C@@H]3C=CC[C@@H]23)cc1.